The minimum atomic E-state index is -1.12. The first-order chi connectivity index (χ1) is 18.0. The van der Waals surface area contributed by atoms with Crippen LogP contribution in [0.2, 0.25) is 0 Å². The number of nitro groups is 1. The molecular weight excluding hydrogens is 492 g/mol. The number of ether oxygens (including phenoxy) is 2. The third-order valence-electron chi connectivity index (χ3n) is 5.21. The number of nitrogens with one attached hydrogen (secondary N) is 3. The van der Waals surface area contributed by atoms with Gasteiger partial charge in [-0.05, 0) is 36.4 Å². The lowest BCUT2D eigenvalue weighted by atomic mass is 10.0. The monoisotopic (exact) mass is 514 g/mol. The smallest absolute Gasteiger partial charge is 0.346 e. The van der Waals surface area contributed by atoms with E-state index in [4.69, 9.17) is 9.47 Å². The van der Waals surface area contributed by atoms with Gasteiger partial charge in [0.15, 0.2) is 0 Å². The van der Waals surface area contributed by atoms with Crippen LogP contribution in [0, 0.1) is 22.0 Å². The highest BCUT2D eigenvalue weighted by Gasteiger charge is 2.35. The number of esters is 1. The van der Waals surface area contributed by atoms with Crippen molar-refractivity contribution in [2.24, 2.45) is 0 Å². The summed E-state index contributed by atoms with van der Waals surface area (Å²) in [6.45, 7) is 4.58. The molecule has 0 spiro atoms. The van der Waals surface area contributed by atoms with Crippen molar-refractivity contribution in [3.05, 3.63) is 87.5 Å². The molecule has 0 fully saturated rings. The molecule has 1 aliphatic rings. The van der Waals surface area contributed by atoms with E-state index in [0.717, 1.165) is 0 Å². The van der Waals surface area contributed by atoms with Crippen molar-refractivity contribution in [3.63, 3.8) is 0 Å². The molecule has 0 saturated carbocycles. The number of fused-ring (bicyclic) bond motifs is 1. The SMILES string of the molecule is CC(=O)Nc1cccc(NC(=O)Nc2ccc([N+](=O)[O-])cc2)c1C#Cc1cccc2c1C(=O)OC(C)(C)O2. The fraction of sp³-hybridized carbons (Fsp3) is 0.148. The molecule has 0 aliphatic carbocycles. The highest BCUT2D eigenvalue weighted by Crippen LogP contribution is 2.33. The van der Waals surface area contributed by atoms with Crippen LogP contribution in [0.1, 0.15) is 42.3 Å². The molecule has 3 amide bonds. The predicted octanol–water partition coefficient (Wildman–Crippen LogP) is 4.88. The number of nitrogens with zero attached hydrogens (tertiary/aromatic N) is 1. The van der Waals surface area contributed by atoms with Crippen molar-refractivity contribution in [1.29, 1.82) is 0 Å². The minimum absolute atomic E-state index is 0.113. The zero-order valence-corrected chi connectivity index (χ0v) is 20.6. The lowest BCUT2D eigenvalue weighted by Crippen LogP contribution is -2.39. The van der Waals surface area contributed by atoms with E-state index in [9.17, 15) is 24.5 Å². The Morgan fingerprint density at radius 3 is 2.21 bits per heavy atom. The van der Waals surface area contributed by atoms with Gasteiger partial charge in [-0.25, -0.2) is 9.59 Å². The number of carbonyl (C=O) groups is 3. The molecular formula is C27H22N4O7. The van der Waals surface area contributed by atoms with Crippen LogP contribution in [-0.4, -0.2) is 28.6 Å². The van der Waals surface area contributed by atoms with E-state index in [1.807, 2.05) is 0 Å². The number of hydrogen-bond donors (Lipinski definition) is 3. The standard InChI is InChI=1S/C27H22N4O7/c1-16(32)28-21-7-5-8-22(30-26(34)29-18-11-13-19(14-12-18)31(35)36)20(21)15-10-17-6-4-9-23-24(17)25(33)38-27(2,3)37-23/h4-9,11-14H,1-3H3,(H,28,32)(H2,29,30,34). The normalized spacial score (nSPS) is 13.0. The van der Waals surface area contributed by atoms with Crippen LogP contribution < -0.4 is 20.7 Å². The van der Waals surface area contributed by atoms with E-state index in [0.29, 0.717) is 22.7 Å². The molecule has 0 radical (unpaired) electrons. The molecule has 11 heteroatoms. The number of nitro benzene ring substituents is 1. The van der Waals surface area contributed by atoms with Gasteiger partial charge in [0, 0.05) is 44.2 Å². The molecule has 11 nitrogen and oxygen atoms in total. The first-order valence-corrected chi connectivity index (χ1v) is 11.3. The Kier molecular flexibility index (Phi) is 6.98. The van der Waals surface area contributed by atoms with E-state index in [1.54, 1.807) is 50.2 Å². The van der Waals surface area contributed by atoms with Crippen molar-refractivity contribution in [1.82, 2.24) is 0 Å². The second-order valence-electron chi connectivity index (χ2n) is 8.61. The number of rotatable bonds is 4. The largest absolute Gasteiger partial charge is 0.452 e. The van der Waals surface area contributed by atoms with Crippen molar-refractivity contribution in [3.8, 4) is 17.6 Å². The average molecular weight is 514 g/mol. The molecule has 0 unspecified atom stereocenters. The molecule has 3 aromatic carbocycles. The van der Waals surface area contributed by atoms with Crippen LogP contribution in [-0.2, 0) is 9.53 Å². The molecule has 38 heavy (non-hydrogen) atoms. The highest BCUT2D eigenvalue weighted by atomic mass is 16.7. The van der Waals surface area contributed by atoms with E-state index < -0.39 is 22.7 Å². The third-order valence-corrected chi connectivity index (χ3v) is 5.21. The van der Waals surface area contributed by atoms with E-state index in [1.165, 1.54) is 31.2 Å². The van der Waals surface area contributed by atoms with E-state index in [-0.39, 0.29) is 28.4 Å². The summed E-state index contributed by atoms with van der Waals surface area (Å²) in [4.78, 5) is 47.4. The quantitative estimate of drug-likeness (QED) is 0.194. The molecule has 0 bridgehead atoms. The van der Waals surface area contributed by atoms with Crippen LogP contribution in [0.15, 0.2) is 60.7 Å². The lowest BCUT2D eigenvalue weighted by Gasteiger charge is -2.31. The lowest BCUT2D eigenvalue weighted by molar-refractivity contribution is -0.384. The predicted molar refractivity (Wildman–Crippen MR) is 139 cm³/mol. The molecule has 0 atom stereocenters. The number of non-ortho nitro benzene ring substituents is 1. The summed E-state index contributed by atoms with van der Waals surface area (Å²) < 4.78 is 11.1. The summed E-state index contributed by atoms with van der Waals surface area (Å²) in [5, 5.41) is 18.8. The molecule has 4 rings (SSSR count). The topological polar surface area (TPSA) is 149 Å². The molecule has 192 valence electrons. The van der Waals surface area contributed by atoms with Crippen molar-refractivity contribution in [2.75, 3.05) is 16.0 Å². The molecule has 1 heterocycles. The van der Waals surface area contributed by atoms with Gasteiger partial charge in [0.2, 0.25) is 11.7 Å². The van der Waals surface area contributed by atoms with Gasteiger partial charge in [0.1, 0.15) is 11.3 Å². The number of amides is 3. The van der Waals surface area contributed by atoms with Crippen LogP contribution in [0.25, 0.3) is 0 Å². The summed E-state index contributed by atoms with van der Waals surface area (Å²) >= 11 is 0. The minimum Gasteiger partial charge on any atom is -0.452 e. The summed E-state index contributed by atoms with van der Waals surface area (Å²) in [7, 11) is 0. The second kappa shape index (κ2) is 10.3. The maximum absolute atomic E-state index is 12.7. The zero-order valence-electron chi connectivity index (χ0n) is 20.6. The van der Waals surface area contributed by atoms with Gasteiger partial charge in [-0.2, -0.15) is 0 Å². The Labute approximate surface area is 217 Å². The summed E-state index contributed by atoms with van der Waals surface area (Å²) in [5.41, 5.74) is 1.61. The van der Waals surface area contributed by atoms with Gasteiger partial charge in [-0.15, -0.1) is 0 Å². The number of cyclic esters (lactones) is 1. The Morgan fingerprint density at radius 1 is 0.895 bits per heavy atom. The van der Waals surface area contributed by atoms with Gasteiger partial charge in [-0.1, -0.05) is 24.0 Å². The number of urea groups is 1. The number of benzene rings is 3. The Balaban J connectivity index is 1.66. The number of hydrogen-bond acceptors (Lipinski definition) is 7. The van der Waals surface area contributed by atoms with Crippen LogP contribution in [0.5, 0.6) is 5.75 Å². The first-order valence-electron chi connectivity index (χ1n) is 11.3. The van der Waals surface area contributed by atoms with Crippen LogP contribution >= 0.6 is 0 Å². The number of carbonyl (C=O) groups excluding carboxylic acids is 3. The van der Waals surface area contributed by atoms with Crippen molar-refractivity contribution in [2.45, 2.75) is 26.6 Å². The Morgan fingerprint density at radius 2 is 1.55 bits per heavy atom. The van der Waals surface area contributed by atoms with Crippen molar-refractivity contribution >= 4 is 40.7 Å². The van der Waals surface area contributed by atoms with E-state index in [2.05, 4.69) is 27.8 Å². The van der Waals surface area contributed by atoms with E-state index >= 15 is 0 Å². The summed E-state index contributed by atoms with van der Waals surface area (Å²) in [5.74, 6) is 4.13. The van der Waals surface area contributed by atoms with Crippen LogP contribution in [0.3, 0.4) is 0 Å². The maximum Gasteiger partial charge on any atom is 0.346 e. The van der Waals surface area contributed by atoms with Gasteiger partial charge in [0.25, 0.3) is 5.69 Å². The zero-order chi connectivity index (χ0) is 27.4. The molecule has 0 aromatic heterocycles. The van der Waals surface area contributed by atoms with Gasteiger partial charge in [-0.3, -0.25) is 14.9 Å². The molecule has 0 saturated heterocycles. The average Bonchev–Trinajstić information content (AvgIpc) is 2.82. The maximum atomic E-state index is 12.7. The summed E-state index contributed by atoms with van der Waals surface area (Å²) in [6.07, 6.45) is 0. The fourth-order valence-electron chi connectivity index (χ4n) is 3.66. The first kappa shape index (κ1) is 25.7. The van der Waals surface area contributed by atoms with Gasteiger partial charge in [0.05, 0.1) is 21.9 Å². The van der Waals surface area contributed by atoms with Gasteiger partial charge < -0.3 is 25.4 Å². The highest BCUT2D eigenvalue weighted by molar-refractivity contribution is 6.02. The van der Waals surface area contributed by atoms with Gasteiger partial charge >= 0.3 is 12.0 Å². The molecule has 3 aromatic rings. The van der Waals surface area contributed by atoms with Crippen LogP contribution in [0.4, 0.5) is 27.5 Å². The third kappa shape index (κ3) is 5.88. The molecule has 3 N–H and O–H groups in total. The summed E-state index contributed by atoms with van der Waals surface area (Å²) in [6, 6.07) is 14.5. The Bertz CT molecular complexity index is 1520. The fourth-order valence-corrected chi connectivity index (χ4v) is 3.66. The number of anilines is 3. The molecule has 1 aliphatic heterocycles. The Hall–Kier alpha value is -5.37. The second-order valence-corrected chi connectivity index (χ2v) is 8.61. The van der Waals surface area contributed by atoms with Crippen molar-refractivity contribution < 1.29 is 28.8 Å².